The number of aryl methyl sites for hydroxylation is 2. The summed E-state index contributed by atoms with van der Waals surface area (Å²) >= 11 is 0. The second-order valence-corrected chi connectivity index (χ2v) is 9.58. The molecule has 3 rings (SSSR count). The van der Waals surface area contributed by atoms with E-state index in [0.29, 0.717) is 36.0 Å². The van der Waals surface area contributed by atoms with Gasteiger partial charge in [0.05, 0.1) is 25.6 Å². The molecular formula is C25H37N5O5. The summed E-state index contributed by atoms with van der Waals surface area (Å²) in [7, 11) is 5.58. The third-order valence-corrected chi connectivity index (χ3v) is 6.48. The highest BCUT2D eigenvalue weighted by Gasteiger charge is 2.32. The van der Waals surface area contributed by atoms with Crippen molar-refractivity contribution < 1.29 is 24.0 Å². The number of ether oxygens (including phenoxy) is 1. The predicted octanol–water partition coefficient (Wildman–Crippen LogP) is 2.67. The lowest BCUT2D eigenvalue weighted by Crippen LogP contribution is -2.48. The number of nitrogens with one attached hydrogen (secondary N) is 1. The van der Waals surface area contributed by atoms with E-state index in [2.05, 4.69) is 10.5 Å². The highest BCUT2D eigenvalue weighted by molar-refractivity contribution is 5.90. The van der Waals surface area contributed by atoms with Gasteiger partial charge in [-0.2, -0.15) is 0 Å². The highest BCUT2D eigenvalue weighted by Crippen LogP contribution is 2.30. The number of benzene rings is 1. The van der Waals surface area contributed by atoms with E-state index in [1.54, 1.807) is 30.7 Å². The molecule has 192 valence electrons. The number of aliphatic hydroxyl groups excluding tert-OH is 1. The van der Waals surface area contributed by atoms with E-state index in [4.69, 9.17) is 9.26 Å². The van der Waals surface area contributed by atoms with Gasteiger partial charge in [-0.3, -0.25) is 4.79 Å². The molecule has 0 radical (unpaired) electrons. The van der Waals surface area contributed by atoms with Crippen LogP contribution in [0.2, 0.25) is 0 Å². The fourth-order valence-corrected chi connectivity index (χ4v) is 4.13. The minimum absolute atomic E-state index is 0.0655. The maximum Gasteiger partial charge on any atom is 0.321 e. The molecule has 1 aliphatic rings. The lowest BCUT2D eigenvalue weighted by molar-refractivity contribution is -0.134. The third kappa shape index (κ3) is 6.05. The molecule has 0 saturated heterocycles. The Hall–Kier alpha value is -3.27. The fraction of sp³-hybridized carbons (Fsp3) is 0.560. The van der Waals surface area contributed by atoms with Gasteiger partial charge in [-0.25, -0.2) is 4.79 Å². The normalized spacial score (nSPS) is 19.1. The second kappa shape index (κ2) is 11.0. The topological polar surface area (TPSA) is 111 Å². The molecule has 1 aromatic carbocycles. The first-order valence-electron chi connectivity index (χ1n) is 11.8. The lowest BCUT2D eigenvalue weighted by atomic mass is 10.0. The summed E-state index contributed by atoms with van der Waals surface area (Å²) in [4.78, 5) is 31.4. The molecule has 0 bridgehead atoms. The van der Waals surface area contributed by atoms with Gasteiger partial charge >= 0.3 is 6.03 Å². The molecule has 0 fully saturated rings. The summed E-state index contributed by atoms with van der Waals surface area (Å²) in [5.41, 5.74) is 2.90. The van der Waals surface area contributed by atoms with Crippen LogP contribution in [0, 0.1) is 19.8 Å². The molecule has 10 nitrogen and oxygen atoms in total. The summed E-state index contributed by atoms with van der Waals surface area (Å²) in [6.45, 7) is 7.90. The summed E-state index contributed by atoms with van der Waals surface area (Å²) in [6, 6.07) is 5.15. The Bertz CT molecular complexity index is 1030. The summed E-state index contributed by atoms with van der Waals surface area (Å²) < 4.78 is 11.6. The number of anilines is 2. The lowest BCUT2D eigenvalue weighted by Gasteiger charge is -2.34. The monoisotopic (exact) mass is 487 g/mol. The van der Waals surface area contributed by atoms with Gasteiger partial charge in [0.15, 0.2) is 5.76 Å². The number of hydrogen-bond donors (Lipinski definition) is 2. The maximum atomic E-state index is 13.2. The first kappa shape index (κ1) is 26.3. The van der Waals surface area contributed by atoms with Gasteiger partial charge in [0.25, 0.3) is 0 Å². The Morgan fingerprint density at radius 1 is 1.31 bits per heavy atom. The van der Waals surface area contributed by atoms with Crippen molar-refractivity contribution in [3.63, 3.8) is 0 Å². The van der Waals surface area contributed by atoms with Crippen LogP contribution < -0.4 is 15.0 Å². The average Bonchev–Trinajstić information content (AvgIpc) is 3.15. The van der Waals surface area contributed by atoms with Crippen molar-refractivity contribution in [2.45, 2.75) is 46.3 Å². The van der Waals surface area contributed by atoms with Gasteiger partial charge in [0.1, 0.15) is 23.2 Å². The van der Waals surface area contributed by atoms with E-state index in [1.165, 1.54) is 0 Å². The molecule has 2 heterocycles. The Balaban J connectivity index is 1.89. The van der Waals surface area contributed by atoms with Crippen molar-refractivity contribution in [1.29, 1.82) is 0 Å². The van der Waals surface area contributed by atoms with E-state index in [-0.39, 0.29) is 36.9 Å². The molecule has 3 amide bonds. The molecule has 1 aliphatic heterocycles. The maximum absolute atomic E-state index is 13.2. The first-order valence-corrected chi connectivity index (χ1v) is 11.8. The van der Waals surface area contributed by atoms with Gasteiger partial charge in [-0.1, -0.05) is 12.1 Å². The minimum Gasteiger partial charge on any atom is -0.488 e. The number of rotatable bonds is 6. The summed E-state index contributed by atoms with van der Waals surface area (Å²) in [6.07, 6.45) is -0.220. The number of carbonyl (C=O) groups excluding carboxylic acids is 2. The number of aromatic nitrogens is 1. The predicted molar refractivity (Wildman–Crippen MR) is 134 cm³/mol. The van der Waals surface area contributed by atoms with E-state index in [1.807, 2.05) is 51.0 Å². The van der Waals surface area contributed by atoms with Crippen LogP contribution in [0.1, 0.15) is 30.9 Å². The van der Waals surface area contributed by atoms with E-state index < -0.39 is 6.10 Å². The molecule has 10 heteroatoms. The van der Waals surface area contributed by atoms with Crippen molar-refractivity contribution >= 4 is 23.3 Å². The van der Waals surface area contributed by atoms with E-state index in [0.717, 1.165) is 11.3 Å². The highest BCUT2D eigenvalue weighted by atomic mass is 16.5. The number of urea groups is 1. The number of amides is 3. The van der Waals surface area contributed by atoms with Crippen molar-refractivity contribution in [3.8, 4) is 5.75 Å². The SMILES string of the molecule is Cc1noc(C)c1NC(=O)N(C)C[C@H]1Oc2ccc(N(C)C)cc2CC(=O)N([C@@H](C)CO)C[C@H]1C. The van der Waals surface area contributed by atoms with Gasteiger partial charge < -0.3 is 34.4 Å². The fourth-order valence-electron chi connectivity index (χ4n) is 4.13. The molecule has 2 aromatic rings. The van der Waals surface area contributed by atoms with Crippen LogP contribution in [0.5, 0.6) is 5.75 Å². The molecule has 0 unspecified atom stereocenters. The molecule has 0 saturated carbocycles. The standard InChI is InChI=1S/C25H37N5O5/c1-15-12-30(16(2)14-31)23(32)11-19-10-20(28(5)6)8-9-21(19)34-22(15)13-29(7)25(33)26-24-17(3)27-35-18(24)4/h8-10,15-16,22,31H,11-14H2,1-7H3,(H,26,33)/t15-,16+,22-/m1/s1. The van der Waals surface area contributed by atoms with Crippen LogP contribution >= 0.6 is 0 Å². The number of fused-ring (bicyclic) bond motifs is 1. The molecule has 0 aliphatic carbocycles. The van der Waals surface area contributed by atoms with Crippen LogP contribution in [0.4, 0.5) is 16.2 Å². The Labute approximate surface area is 206 Å². The zero-order chi connectivity index (χ0) is 25.9. The number of hydrogen-bond acceptors (Lipinski definition) is 7. The summed E-state index contributed by atoms with van der Waals surface area (Å²) in [5.74, 6) is 0.985. The van der Waals surface area contributed by atoms with Gasteiger partial charge in [0.2, 0.25) is 5.91 Å². The average molecular weight is 488 g/mol. The van der Waals surface area contributed by atoms with Crippen LogP contribution in [-0.4, -0.2) is 85.0 Å². The Kier molecular flexibility index (Phi) is 8.26. The zero-order valence-corrected chi connectivity index (χ0v) is 21.7. The quantitative estimate of drug-likeness (QED) is 0.644. The van der Waals surface area contributed by atoms with Crippen LogP contribution in [0.3, 0.4) is 0 Å². The largest absolute Gasteiger partial charge is 0.488 e. The van der Waals surface area contributed by atoms with Crippen LogP contribution in [0.25, 0.3) is 0 Å². The Morgan fingerprint density at radius 2 is 2.03 bits per heavy atom. The van der Waals surface area contributed by atoms with Gasteiger partial charge in [-0.15, -0.1) is 0 Å². The molecule has 35 heavy (non-hydrogen) atoms. The number of aliphatic hydroxyl groups is 1. The number of likely N-dealkylation sites (N-methyl/N-ethyl adjacent to an activating group) is 1. The van der Waals surface area contributed by atoms with E-state index >= 15 is 0 Å². The minimum atomic E-state index is -0.390. The van der Waals surface area contributed by atoms with Crippen molar-refractivity contribution in [2.24, 2.45) is 5.92 Å². The Morgan fingerprint density at radius 3 is 2.63 bits per heavy atom. The second-order valence-electron chi connectivity index (χ2n) is 9.58. The smallest absolute Gasteiger partial charge is 0.321 e. The molecule has 3 atom stereocenters. The number of carbonyl (C=O) groups is 2. The van der Waals surface area contributed by atoms with Crippen LogP contribution in [0.15, 0.2) is 22.7 Å². The van der Waals surface area contributed by atoms with Gasteiger partial charge in [-0.05, 0) is 39.0 Å². The van der Waals surface area contributed by atoms with E-state index in [9.17, 15) is 14.7 Å². The summed E-state index contributed by atoms with van der Waals surface area (Å²) in [5, 5.41) is 16.5. The zero-order valence-electron chi connectivity index (χ0n) is 21.7. The molecule has 1 aromatic heterocycles. The first-order chi connectivity index (χ1) is 16.5. The van der Waals surface area contributed by atoms with Crippen LogP contribution in [-0.2, 0) is 11.2 Å². The molecular weight excluding hydrogens is 450 g/mol. The molecule has 0 spiro atoms. The van der Waals surface area contributed by atoms with Gasteiger partial charge in [0, 0.05) is 44.9 Å². The van der Waals surface area contributed by atoms with Crippen molar-refractivity contribution in [3.05, 3.63) is 35.2 Å². The third-order valence-electron chi connectivity index (χ3n) is 6.48. The molecule has 2 N–H and O–H groups in total. The van der Waals surface area contributed by atoms with Crippen molar-refractivity contribution in [1.82, 2.24) is 15.0 Å². The number of nitrogens with zero attached hydrogens (tertiary/aromatic N) is 4. The van der Waals surface area contributed by atoms with Crippen molar-refractivity contribution in [2.75, 3.05) is 51.1 Å².